The fourth-order valence-corrected chi connectivity index (χ4v) is 2.64. The molecule has 5 nitrogen and oxygen atoms in total. The molecule has 1 rings (SSSR count). The molecule has 0 heterocycles. The van der Waals surface area contributed by atoms with E-state index in [1.54, 1.807) is 4.90 Å². The summed E-state index contributed by atoms with van der Waals surface area (Å²) in [6.07, 6.45) is 1.51. The number of amides is 1. The lowest BCUT2D eigenvalue weighted by Crippen LogP contribution is -2.41. The van der Waals surface area contributed by atoms with E-state index < -0.39 is 22.3 Å². The van der Waals surface area contributed by atoms with E-state index in [0.717, 1.165) is 25.0 Å². The average Bonchev–Trinajstić information content (AvgIpc) is 2.46. The van der Waals surface area contributed by atoms with E-state index >= 15 is 0 Å². The van der Waals surface area contributed by atoms with E-state index in [4.69, 9.17) is 0 Å². The predicted octanol–water partition coefficient (Wildman–Crippen LogP) is 3.76. The van der Waals surface area contributed by atoms with Crippen molar-refractivity contribution in [1.29, 1.82) is 0 Å². The minimum atomic E-state index is -0.729. The van der Waals surface area contributed by atoms with Crippen LogP contribution in [0.4, 0.5) is 10.1 Å². The Morgan fingerprint density at radius 1 is 1.43 bits per heavy atom. The Morgan fingerprint density at radius 2 is 2.05 bits per heavy atom. The molecule has 1 aromatic rings. The third-order valence-electron chi connectivity index (χ3n) is 3.36. The highest BCUT2D eigenvalue weighted by Crippen LogP contribution is 2.23. The molecule has 0 aliphatic carbocycles. The van der Waals surface area contributed by atoms with Gasteiger partial charge in [-0.25, -0.2) is 4.39 Å². The summed E-state index contributed by atoms with van der Waals surface area (Å²) < 4.78 is 13.2. The van der Waals surface area contributed by atoms with Gasteiger partial charge in [0.15, 0.2) is 0 Å². The van der Waals surface area contributed by atoms with Gasteiger partial charge in [0.1, 0.15) is 11.4 Å². The van der Waals surface area contributed by atoms with Gasteiger partial charge in [-0.2, -0.15) is 0 Å². The number of hydrogen-bond acceptors (Lipinski definition) is 3. The first kappa shape index (κ1) is 17.6. The summed E-state index contributed by atoms with van der Waals surface area (Å²) in [5, 5.41) is 11.6. The Kier molecular flexibility index (Phi) is 6.74. The lowest BCUT2D eigenvalue weighted by atomic mass is 10.1. The molecule has 0 radical (unpaired) electrons. The standard InChI is InChI=1S/C14H18BrFN2O3/c1-3-11(4-2)17(8-7-15)14(19)12-6-5-10(16)9-13(12)18(20)21/h5-6,9,11H,3-4,7-8H2,1-2H3. The van der Waals surface area contributed by atoms with E-state index in [0.29, 0.717) is 11.9 Å². The predicted molar refractivity (Wildman–Crippen MR) is 82.3 cm³/mol. The Balaban J connectivity index is 3.23. The maximum atomic E-state index is 13.2. The van der Waals surface area contributed by atoms with Crippen molar-refractivity contribution in [3.05, 3.63) is 39.7 Å². The van der Waals surface area contributed by atoms with Crippen molar-refractivity contribution in [3.63, 3.8) is 0 Å². The largest absolute Gasteiger partial charge is 0.335 e. The second-order valence-corrected chi connectivity index (χ2v) is 5.37. The van der Waals surface area contributed by atoms with Gasteiger partial charge in [0.05, 0.1) is 11.0 Å². The van der Waals surface area contributed by atoms with E-state index in [-0.39, 0.29) is 11.6 Å². The Hall–Kier alpha value is -1.50. The summed E-state index contributed by atoms with van der Waals surface area (Å²) in [5.41, 5.74) is -0.570. The van der Waals surface area contributed by atoms with E-state index in [9.17, 15) is 19.3 Å². The SMILES string of the molecule is CCC(CC)N(CCBr)C(=O)c1ccc(F)cc1[N+](=O)[O-]. The summed E-state index contributed by atoms with van der Waals surface area (Å²) in [5.74, 6) is -1.16. The molecule has 0 aliphatic heterocycles. The van der Waals surface area contributed by atoms with E-state index in [2.05, 4.69) is 15.9 Å². The van der Waals surface area contributed by atoms with Crippen LogP contribution in [0.15, 0.2) is 18.2 Å². The Labute approximate surface area is 131 Å². The summed E-state index contributed by atoms with van der Waals surface area (Å²) in [6.45, 7) is 4.36. The molecule has 0 bridgehead atoms. The average molecular weight is 361 g/mol. The van der Waals surface area contributed by atoms with Gasteiger partial charge in [-0.15, -0.1) is 0 Å². The van der Waals surface area contributed by atoms with Crippen molar-refractivity contribution in [2.75, 3.05) is 11.9 Å². The van der Waals surface area contributed by atoms with Gasteiger partial charge in [0, 0.05) is 17.9 Å². The maximum absolute atomic E-state index is 13.2. The summed E-state index contributed by atoms with van der Waals surface area (Å²) in [7, 11) is 0. The number of nitro benzene ring substituents is 1. The molecule has 0 aromatic heterocycles. The van der Waals surface area contributed by atoms with Crippen LogP contribution in [0.5, 0.6) is 0 Å². The van der Waals surface area contributed by atoms with Gasteiger partial charge in [-0.1, -0.05) is 29.8 Å². The quantitative estimate of drug-likeness (QED) is 0.422. The highest BCUT2D eigenvalue weighted by molar-refractivity contribution is 9.09. The number of benzene rings is 1. The van der Waals surface area contributed by atoms with Crippen LogP contribution in [0, 0.1) is 15.9 Å². The molecule has 21 heavy (non-hydrogen) atoms. The first-order valence-corrected chi connectivity index (χ1v) is 7.89. The van der Waals surface area contributed by atoms with Gasteiger partial charge in [0.25, 0.3) is 11.6 Å². The van der Waals surface area contributed by atoms with Crippen LogP contribution in [0.1, 0.15) is 37.0 Å². The minimum absolute atomic E-state index is 0.000271. The number of carbonyl (C=O) groups is 1. The Morgan fingerprint density at radius 3 is 2.52 bits per heavy atom. The van der Waals surface area contributed by atoms with Crippen molar-refractivity contribution in [1.82, 2.24) is 4.90 Å². The number of nitrogens with zero attached hydrogens (tertiary/aromatic N) is 2. The highest BCUT2D eigenvalue weighted by atomic mass is 79.9. The van der Waals surface area contributed by atoms with Gasteiger partial charge in [-0.3, -0.25) is 14.9 Å². The van der Waals surface area contributed by atoms with Gasteiger partial charge in [0.2, 0.25) is 0 Å². The second kappa shape index (κ2) is 8.07. The molecule has 0 N–H and O–H groups in total. The highest BCUT2D eigenvalue weighted by Gasteiger charge is 2.28. The monoisotopic (exact) mass is 360 g/mol. The zero-order valence-electron chi connectivity index (χ0n) is 12.0. The molecule has 1 aromatic carbocycles. The molecule has 0 atom stereocenters. The molecule has 7 heteroatoms. The van der Waals surface area contributed by atoms with Crippen molar-refractivity contribution >= 4 is 27.5 Å². The lowest BCUT2D eigenvalue weighted by molar-refractivity contribution is -0.385. The van der Waals surface area contributed by atoms with Crippen LogP contribution >= 0.6 is 15.9 Å². The smallest absolute Gasteiger partial charge is 0.285 e. The van der Waals surface area contributed by atoms with Crippen LogP contribution in [0.3, 0.4) is 0 Å². The number of rotatable bonds is 7. The van der Waals surface area contributed by atoms with Crippen molar-refractivity contribution in [2.24, 2.45) is 0 Å². The molecule has 0 aliphatic rings. The fraction of sp³-hybridized carbons (Fsp3) is 0.500. The summed E-state index contributed by atoms with van der Waals surface area (Å²) >= 11 is 3.29. The number of alkyl halides is 1. The number of carbonyl (C=O) groups excluding carboxylic acids is 1. The van der Waals surface area contributed by atoms with Crippen LogP contribution in [-0.4, -0.2) is 33.6 Å². The Bertz CT molecular complexity index is 521. The van der Waals surface area contributed by atoms with Crippen LogP contribution in [-0.2, 0) is 0 Å². The molecule has 1 amide bonds. The molecule has 0 unspecified atom stereocenters. The van der Waals surface area contributed by atoms with Gasteiger partial charge >= 0.3 is 0 Å². The topological polar surface area (TPSA) is 63.5 Å². The van der Waals surface area contributed by atoms with Crippen LogP contribution in [0.2, 0.25) is 0 Å². The first-order chi connectivity index (χ1) is 9.96. The number of hydrogen-bond donors (Lipinski definition) is 0. The summed E-state index contributed by atoms with van der Waals surface area (Å²) in [6, 6.07) is 3.03. The fourth-order valence-electron chi connectivity index (χ4n) is 2.26. The van der Waals surface area contributed by atoms with E-state index in [1.807, 2.05) is 13.8 Å². The van der Waals surface area contributed by atoms with E-state index in [1.165, 1.54) is 6.07 Å². The molecular formula is C14H18BrFN2O3. The molecular weight excluding hydrogens is 343 g/mol. The lowest BCUT2D eigenvalue weighted by Gasteiger charge is -2.30. The number of nitro groups is 1. The third-order valence-corrected chi connectivity index (χ3v) is 3.71. The first-order valence-electron chi connectivity index (χ1n) is 6.77. The molecule has 0 spiro atoms. The van der Waals surface area contributed by atoms with Crippen molar-refractivity contribution in [3.8, 4) is 0 Å². The van der Waals surface area contributed by atoms with Crippen molar-refractivity contribution in [2.45, 2.75) is 32.7 Å². The summed E-state index contributed by atoms with van der Waals surface area (Å²) in [4.78, 5) is 24.5. The second-order valence-electron chi connectivity index (χ2n) is 4.58. The molecule has 116 valence electrons. The number of halogens is 2. The molecule has 0 saturated heterocycles. The van der Waals surface area contributed by atoms with Crippen molar-refractivity contribution < 1.29 is 14.1 Å². The zero-order valence-corrected chi connectivity index (χ0v) is 13.6. The molecule has 0 saturated carbocycles. The minimum Gasteiger partial charge on any atom is -0.335 e. The van der Waals surface area contributed by atoms with Crippen LogP contribution < -0.4 is 0 Å². The zero-order chi connectivity index (χ0) is 16.0. The van der Waals surface area contributed by atoms with Crippen LogP contribution in [0.25, 0.3) is 0 Å². The van der Waals surface area contributed by atoms with Gasteiger partial charge in [-0.05, 0) is 25.0 Å². The maximum Gasteiger partial charge on any atom is 0.285 e. The normalized spacial score (nSPS) is 10.7. The van der Waals surface area contributed by atoms with Gasteiger partial charge < -0.3 is 4.90 Å². The third kappa shape index (κ3) is 4.23. The molecule has 0 fully saturated rings.